The Morgan fingerprint density at radius 2 is 1.57 bits per heavy atom. The van der Waals surface area contributed by atoms with Crippen LogP contribution in [0.1, 0.15) is 152 Å². The molecule has 0 heterocycles. The number of Topliss-reactive ketones (excluding diaryl/α,β-unsaturated/α-hetero) is 1. The average molecular weight is 789 g/mol. The van der Waals surface area contributed by atoms with Gasteiger partial charge >= 0.3 is 11.9 Å². The van der Waals surface area contributed by atoms with Gasteiger partial charge in [0.15, 0.2) is 5.78 Å². The van der Waals surface area contributed by atoms with Crippen molar-refractivity contribution in [3.8, 4) is 0 Å². The number of ether oxygens (including phenoxy) is 1. The highest BCUT2D eigenvalue weighted by Crippen LogP contribution is 2.77. The molecule has 5 saturated carbocycles. The summed E-state index contributed by atoms with van der Waals surface area (Å²) in [7, 11) is 0. The highest BCUT2D eigenvalue weighted by atomic mass is 35.5. The van der Waals surface area contributed by atoms with Crippen molar-refractivity contribution in [2.24, 2.45) is 56.2 Å². The number of hydrogen-bond donors (Lipinski definition) is 2. The van der Waals surface area contributed by atoms with E-state index in [-0.39, 0.29) is 63.2 Å². The summed E-state index contributed by atoms with van der Waals surface area (Å²) in [5.41, 5.74) is 2.00. The van der Waals surface area contributed by atoms with Crippen LogP contribution in [0, 0.1) is 56.2 Å². The Morgan fingerprint density at radius 3 is 2.18 bits per heavy atom. The quantitative estimate of drug-likeness (QED) is 0.190. The first kappa shape index (κ1) is 41.2. The lowest BCUT2D eigenvalue weighted by molar-refractivity contribution is -0.232. The van der Waals surface area contributed by atoms with Crippen LogP contribution in [-0.2, 0) is 29.5 Å². The summed E-state index contributed by atoms with van der Waals surface area (Å²) in [6.45, 7) is 21.6. The first-order valence-electron chi connectivity index (χ1n) is 21.5. The lowest BCUT2D eigenvalue weighted by Crippen LogP contribution is -2.65. The standard InChI is InChI=1S/C48H66ClNO6/c1-28(2)38-33(51)26-47(25-29(3)40(53)50-48(23-24-48)30-11-13-31(49)14-12-30)22-21-45(9)32(39(38)47)15-16-35-44(8)19-18-36(56-37(52)27-42(4,5)41(54)55)43(6,7)34(44)17-20-46(35,45)10/h11-14,25,28,32,34-36H,15-24,26-27H2,1-10H3,(H,50,53)(H,54,55)/b29-25+/t32-,34+,35-,36+,44+,45-,46-,47-/m1/s1. The second-order valence-corrected chi connectivity index (χ2v) is 21.9. The molecule has 0 spiro atoms. The molecule has 7 nitrogen and oxygen atoms in total. The van der Waals surface area contributed by atoms with Gasteiger partial charge in [-0.25, -0.2) is 0 Å². The Balaban J connectivity index is 1.16. The number of amides is 1. The molecule has 306 valence electrons. The minimum atomic E-state index is -1.17. The predicted octanol–water partition coefficient (Wildman–Crippen LogP) is 10.8. The Bertz CT molecular complexity index is 1890. The van der Waals surface area contributed by atoms with E-state index in [9.17, 15) is 24.3 Å². The maximum atomic E-state index is 14.2. The first-order valence-corrected chi connectivity index (χ1v) is 21.8. The summed E-state index contributed by atoms with van der Waals surface area (Å²) in [6, 6.07) is 7.80. The molecule has 0 saturated heterocycles. The zero-order valence-electron chi connectivity index (χ0n) is 35.6. The zero-order valence-corrected chi connectivity index (χ0v) is 36.4. The van der Waals surface area contributed by atoms with Gasteiger partial charge in [-0.15, -0.1) is 0 Å². The largest absolute Gasteiger partial charge is 0.481 e. The SMILES string of the molecule is C/C(=C\[C@@]12CC[C@]3(C)[C@H](CC[C@@H]4[C@@]5(C)CC[C@H](OC(=O)CC(C)(C)C(=O)O)C(C)(C)[C@@H]5CC[C@]43C)C1=C(C(C)C)C(=O)C2)C(=O)NC1(c2ccc(Cl)cc2)CC1. The second kappa shape index (κ2) is 13.6. The van der Waals surface area contributed by atoms with Crippen LogP contribution in [0.4, 0.5) is 0 Å². The van der Waals surface area contributed by atoms with Gasteiger partial charge in [0.2, 0.25) is 5.91 Å². The number of benzene rings is 1. The molecule has 1 aromatic carbocycles. The number of carbonyl (C=O) groups excluding carboxylic acids is 3. The molecule has 1 aromatic rings. The highest BCUT2D eigenvalue weighted by molar-refractivity contribution is 6.30. The van der Waals surface area contributed by atoms with E-state index < -0.39 is 22.8 Å². The molecule has 0 bridgehead atoms. The van der Waals surface area contributed by atoms with Crippen molar-refractivity contribution >= 4 is 35.2 Å². The van der Waals surface area contributed by atoms with E-state index in [0.717, 1.165) is 75.3 Å². The number of nitrogens with one attached hydrogen (secondary N) is 1. The minimum Gasteiger partial charge on any atom is -0.481 e. The van der Waals surface area contributed by atoms with Gasteiger partial charge in [0, 0.05) is 27.8 Å². The number of rotatable bonds is 9. The number of ketones is 1. The van der Waals surface area contributed by atoms with Gasteiger partial charge in [0.05, 0.1) is 17.4 Å². The van der Waals surface area contributed by atoms with E-state index in [1.54, 1.807) is 13.8 Å². The third kappa shape index (κ3) is 6.25. The van der Waals surface area contributed by atoms with Gasteiger partial charge in [-0.1, -0.05) is 78.3 Å². The van der Waals surface area contributed by atoms with Gasteiger partial charge in [-0.3, -0.25) is 19.2 Å². The highest BCUT2D eigenvalue weighted by Gasteiger charge is 2.70. The number of carbonyl (C=O) groups is 4. The molecule has 0 aliphatic heterocycles. The zero-order chi connectivity index (χ0) is 41.0. The van der Waals surface area contributed by atoms with E-state index in [0.29, 0.717) is 28.9 Å². The van der Waals surface area contributed by atoms with Crippen molar-refractivity contribution in [3.05, 3.63) is 57.6 Å². The van der Waals surface area contributed by atoms with Crippen LogP contribution >= 0.6 is 11.6 Å². The fraction of sp³-hybridized carbons (Fsp3) is 0.708. The van der Waals surface area contributed by atoms with E-state index in [1.807, 2.05) is 31.2 Å². The summed E-state index contributed by atoms with van der Waals surface area (Å²) >= 11 is 6.18. The summed E-state index contributed by atoms with van der Waals surface area (Å²) in [6.07, 6.45) is 11.9. The molecular weight excluding hydrogens is 722 g/mol. The van der Waals surface area contributed by atoms with Crippen molar-refractivity contribution in [3.63, 3.8) is 0 Å². The Labute approximate surface area is 340 Å². The number of fused-ring (bicyclic) bond motifs is 7. The lowest BCUT2D eigenvalue weighted by atomic mass is 9.33. The van der Waals surface area contributed by atoms with E-state index in [4.69, 9.17) is 16.3 Å². The fourth-order valence-electron chi connectivity index (χ4n) is 13.8. The predicted molar refractivity (Wildman–Crippen MR) is 220 cm³/mol. The average Bonchev–Trinajstić information content (AvgIpc) is 3.81. The van der Waals surface area contributed by atoms with Crippen molar-refractivity contribution in [2.75, 3.05) is 0 Å². The van der Waals surface area contributed by atoms with Gasteiger partial charge in [-0.05, 0) is 154 Å². The number of esters is 1. The number of hydrogen-bond acceptors (Lipinski definition) is 5. The van der Waals surface area contributed by atoms with Crippen molar-refractivity contribution in [1.29, 1.82) is 0 Å². The van der Waals surface area contributed by atoms with Crippen LogP contribution in [0.2, 0.25) is 5.02 Å². The van der Waals surface area contributed by atoms with Crippen LogP contribution in [0.3, 0.4) is 0 Å². The summed E-state index contributed by atoms with van der Waals surface area (Å²) in [5.74, 6) is 0.00816. The Morgan fingerprint density at radius 1 is 0.911 bits per heavy atom. The Hall–Kier alpha value is -2.93. The van der Waals surface area contributed by atoms with Crippen LogP contribution in [-0.4, -0.2) is 34.8 Å². The fourth-order valence-corrected chi connectivity index (χ4v) is 14.0. The third-order valence-electron chi connectivity index (χ3n) is 17.2. The number of allylic oxidation sites excluding steroid dienone is 3. The number of carboxylic acid groups (broad SMARTS) is 1. The summed E-state index contributed by atoms with van der Waals surface area (Å²) in [5, 5.41) is 13.7. The smallest absolute Gasteiger partial charge is 0.309 e. The molecule has 6 aliphatic rings. The number of carboxylic acids is 1. The Kier molecular flexibility index (Phi) is 9.99. The minimum absolute atomic E-state index is 0.0139. The molecule has 5 fully saturated rings. The first-order chi connectivity index (χ1) is 26.0. The molecule has 0 unspecified atom stereocenters. The van der Waals surface area contributed by atoms with Crippen molar-refractivity contribution in [1.82, 2.24) is 5.32 Å². The van der Waals surface area contributed by atoms with Crippen LogP contribution in [0.25, 0.3) is 0 Å². The molecule has 8 atom stereocenters. The van der Waals surface area contributed by atoms with Gasteiger partial charge < -0.3 is 15.2 Å². The molecule has 0 aromatic heterocycles. The number of halogens is 1. The molecule has 1 amide bonds. The maximum Gasteiger partial charge on any atom is 0.309 e. The van der Waals surface area contributed by atoms with Crippen LogP contribution in [0.15, 0.2) is 47.1 Å². The molecule has 0 radical (unpaired) electrons. The molecule has 56 heavy (non-hydrogen) atoms. The molecule has 6 aliphatic carbocycles. The second-order valence-electron chi connectivity index (χ2n) is 21.4. The lowest BCUT2D eigenvalue weighted by Gasteiger charge is -2.72. The van der Waals surface area contributed by atoms with Gasteiger partial charge in [-0.2, -0.15) is 0 Å². The van der Waals surface area contributed by atoms with Crippen molar-refractivity contribution < 1.29 is 29.0 Å². The van der Waals surface area contributed by atoms with Gasteiger partial charge in [0.25, 0.3) is 0 Å². The normalized spacial score (nSPS) is 37.2. The topological polar surface area (TPSA) is 110 Å². The molecule has 8 heteroatoms. The van der Waals surface area contributed by atoms with Crippen molar-refractivity contribution in [2.45, 2.75) is 158 Å². The summed E-state index contributed by atoms with van der Waals surface area (Å²) in [4.78, 5) is 53.1. The van der Waals surface area contributed by atoms with Crippen LogP contribution in [0.5, 0.6) is 0 Å². The molecule has 7 rings (SSSR count). The van der Waals surface area contributed by atoms with Gasteiger partial charge in [0.1, 0.15) is 6.10 Å². The summed E-state index contributed by atoms with van der Waals surface area (Å²) < 4.78 is 6.18. The maximum absolute atomic E-state index is 14.2. The van der Waals surface area contributed by atoms with E-state index in [2.05, 4.69) is 59.9 Å². The third-order valence-corrected chi connectivity index (χ3v) is 17.5. The van der Waals surface area contributed by atoms with Crippen LogP contribution < -0.4 is 5.32 Å². The molecular formula is C48H66ClNO6. The van der Waals surface area contributed by atoms with E-state index in [1.165, 1.54) is 5.57 Å². The molecule has 2 N–H and O–H groups in total. The van der Waals surface area contributed by atoms with E-state index >= 15 is 0 Å². The number of aliphatic carboxylic acids is 1. The monoisotopic (exact) mass is 787 g/mol.